The predicted octanol–water partition coefficient (Wildman–Crippen LogP) is 5.11. The number of phenolic OH excluding ortho intramolecular Hbond substituents is 1. The zero-order chi connectivity index (χ0) is 36.0. The molecule has 256 valence electrons. The second-order valence-electron chi connectivity index (χ2n) is 14.4. The first-order valence-corrected chi connectivity index (χ1v) is 16.4. The van der Waals surface area contributed by atoms with E-state index >= 15 is 0 Å². The molecule has 49 heavy (non-hydrogen) atoms. The third-order valence-corrected chi connectivity index (χ3v) is 10.8. The van der Waals surface area contributed by atoms with Crippen molar-refractivity contribution in [2.75, 3.05) is 29.6 Å². The summed E-state index contributed by atoms with van der Waals surface area (Å²) in [6, 6.07) is 15.2. The van der Waals surface area contributed by atoms with Crippen molar-refractivity contribution in [3.63, 3.8) is 0 Å². The van der Waals surface area contributed by atoms with Crippen LogP contribution in [-0.4, -0.2) is 62.7 Å². The molecule has 0 saturated heterocycles. The van der Waals surface area contributed by atoms with Crippen molar-refractivity contribution in [1.82, 2.24) is 0 Å². The number of hydrogen-bond donors (Lipinski definition) is 7. The SMILES string of the molecule is CC(C)[C@@H]1C(=O)C(C(N)=O)=C(O)[C@@]2(O)C(=O)C3=C(O)c4c(O)c(NC(=S)Nc5cccc6ccccc56)cc(N(C)C)c4C[C@@]3(C)C[C@@]12C. The number of benzene rings is 3. The van der Waals surface area contributed by atoms with Gasteiger partial charge in [0.1, 0.15) is 22.8 Å². The summed E-state index contributed by atoms with van der Waals surface area (Å²) in [5, 5.41) is 55.7. The number of aromatic hydroxyl groups is 1. The van der Waals surface area contributed by atoms with E-state index in [1.807, 2.05) is 47.4 Å². The van der Waals surface area contributed by atoms with Gasteiger partial charge in [0.25, 0.3) is 5.91 Å². The second kappa shape index (κ2) is 11.3. The topological polar surface area (TPSA) is 185 Å². The molecule has 1 saturated carbocycles. The first kappa shape index (κ1) is 33.9. The number of nitrogens with two attached hydrogens (primary N) is 1. The van der Waals surface area contributed by atoms with Crippen molar-refractivity contribution < 1.29 is 34.8 Å². The smallest absolute Gasteiger partial charge is 0.255 e. The number of carbonyl (C=O) groups is 3. The van der Waals surface area contributed by atoms with E-state index in [-0.39, 0.29) is 40.5 Å². The number of carbonyl (C=O) groups excluding carboxylic acids is 3. The fourth-order valence-electron chi connectivity index (χ4n) is 8.77. The Balaban J connectivity index is 1.50. The molecule has 8 N–H and O–H groups in total. The molecule has 11 nitrogen and oxygen atoms in total. The van der Waals surface area contributed by atoms with Gasteiger partial charge in [-0.1, -0.05) is 64.1 Å². The number of thiocarbonyl (C=S) groups is 1. The number of Topliss-reactive ketones (excluding diaryl/α,β-unsaturated/α-hetero) is 2. The largest absolute Gasteiger partial charge is 0.508 e. The number of primary amides is 1. The quantitative estimate of drug-likeness (QED) is 0.108. The lowest BCUT2D eigenvalue weighted by molar-refractivity contribution is -0.178. The fourth-order valence-corrected chi connectivity index (χ4v) is 8.99. The number of fused-ring (bicyclic) bond motifs is 4. The Morgan fingerprint density at radius 2 is 1.65 bits per heavy atom. The fraction of sp³-hybridized carbons (Fsp3) is 0.351. The first-order chi connectivity index (χ1) is 22.9. The van der Waals surface area contributed by atoms with Gasteiger partial charge in [-0.05, 0) is 54.1 Å². The molecule has 3 aromatic carbocycles. The molecule has 0 spiro atoms. The maximum absolute atomic E-state index is 14.6. The summed E-state index contributed by atoms with van der Waals surface area (Å²) in [5.74, 6) is -6.71. The highest BCUT2D eigenvalue weighted by atomic mass is 32.1. The summed E-state index contributed by atoms with van der Waals surface area (Å²) in [6.45, 7) is 6.77. The number of phenols is 1. The van der Waals surface area contributed by atoms with Gasteiger partial charge in [0.15, 0.2) is 16.5 Å². The number of rotatable bonds is 5. The number of amides is 1. The third kappa shape index (κ3) is 4.72. The van der Waals surface area contributed by atoms with Crippen molar-refractivity contribution in [3.8, 4) is 5.75 Å². The van der Waals surface area contributed by atoms with Gasteiger partial charge >= 0.3 is 0 Å². The molecule has 0 aliphatic heterocycles. The normalized spacial score (nSPS) is 26.3. The molecule has 3 aliphatic rings. The minimum Gasteiger partial charge on any atom is -0.508 e. The van der Waals surface area contributed by atoms with E-state index < -0.39 is 62.8 Å². The Morgan fingerprint density at radius 1 is 1.02 bits per heavy atom. The molecule has 6 rings (SSSR count). The Hall–Kier alpha value is -4.94. The first-order valence-electron chi connectivity index (χ1n) is 16.0. The molecule has 12 heteroatoms. The van der Waals surface area contributed by atoms with Crippen LogP contribution < -0.4 is 21.3 Å². The lowest BCUT2D eigenvalue weighted by Gasteiger charge is -2.59. The summed E-state index contributed by atoms with van der Waals surface area (Å²) < 4.78 is 0. The van der Waals surface area contributed by atoms with E-state index in [0.29, 0.717) is 11.3 Å². The maximum Gasteiger partial charge on any atom is 0.255 e. The van der Waals surface area contributed by atoms with E-state index in [0.717, 1.165) is 16.5 Å². The van der Waals surface area contributed by atoms with Crippen molar-refractivity contribution in [3.05, 3.63) is 76.6 Å². The molecular weight excluding hydrogens is 644 g/mol. The van der Waals surface area contributed by atoms with Crippen LogP contribution in [0.25, 0.3) is 16.5 Å². The van der Waals surface area contributed by atoms with Gasteiger partial charge in [0.05, 0.1) is 11.3 Å². The number of aliphatic hydroxyl groups is 3. The van der Waals surface area contributed by atoms with Crippen molar-refractivity contribution in [2.24, 2.45) is 28.4 Å². The minimum atomic E-state index is -2.76. The van der Waals surface area contributed by atoms with E-state index in [2.05, 4.69) is 10.6 Å². The maximum atomic E-state index is 14.6. The molecule has 1 fully saturated rings. The van der Waals surface area contributed by atoms with Crippen LogP contribution in [0.15, 0.2) is 65.4 Å². The zero-order valence-corrected chi connectivity index (χ0v) is 29.0. The Kier molecular flexibility index (Phi) is 7.84. The summed E-state index contributed by atoms with van der Waals surface area (Å²) >= 11 is 5.63. The molecule has 4 atom stereocenters. The van der Waals surface area contributed by atoms with Gasteiger partial charge in [-0.2, -0.15) is 0 Å². The van der Waals surface area contributed by atoms with E-state index in [1.54, 1.807) is 47.9 Å². The van der Waals surface area contributed by atoms with E-state index in [9.17, 15) is 34.8 Å². The van der Waals surface area contributed by atoms with Crippen LogP contribution in [0.1, 0.15) is 45.2 Å². The lowest BCUT2D eigenvalue weighted by atomic mass is 9.43. The molecule has 0 unspecified atom stereocenters. The summed E-state index contributed by atoms with van der Waals surface area (Å²) in [7, 11) is 3.60. The average molecular weight is 685 g/mol. The number of aliphatic hydroxyl groups excluding tert-OH is 2. The predicted molar refractivity (Wildman–Crippen MR) is 192 cm³/mol. The monoisotopic (exact) mass is 684 g/mol. The molecule has 0 heterocycles. The molecule has 1 amide bonds. The molecule has 3 aliphatic carbocycles. The number of ketones is 2. The van der Waals surface area contributed by atoms with Crippen LogP contribution in [-0.2, 0) is 20.8 Å². The van der Waals surface area contributed by atoms with Gasteiger partial charge in [0.2, 0.25) is 5.78 Å². The Bertz CT molecular complexity index is 2070. The molecule has 0 radical (unpaired) electrons. The highest BCUT2D eigenvalue weighted by molar-refractivity contribution is 7.80. The average Bonchev–Trinajstić information content (AvgIpc) is 3.00. The summed E-state index contributed by atoms with van der Waals surface area (Å²) in [6.07, 6.45) is 0.101. The zero-order valence-electron chi connectivity index (χ0n) is 28.1. The van der Waals surface area contributed by atoms with Crippen LogP contribution in [0.3, 0.4) is 0 Å². The summed E-state index contributed by atoms with van der Waals surface area (Å²) in [5.41, 5.74) is 0.915. The number of hydrogen-bond acceptors (Lipinski definition) is 9. The van der Waals surface area contributed by atoms with E-state index in [4.69, 9.17) is 18.0 Å². The third-order valence-electron chi connectivity index (χ3n) is 10.6. The van der Waals surface area contributed by atoms with E-state index in [1.165, 1.54) is 0 Å². The van der Waals surface area contributed by atoms with Gasteiger partial charge < -0.3 is 41.7 Å². The molecule has 3 aromatic rings. The summed E-state index contributed by atoms with van der Waals surface area (Å²) in [4.78, 5) is 42.6. The molecule has 0 bridgehead atoms. The Labute approximate surface area is 289 Å². The van der Waals surface area contributed by atoms with Crippen LogP contribution in [0.2, 0.25) is 0 Å². The molecule has 0 aromatic heterocycles. The van der Waals surface area contributed by atoms with Crippen molar-refractivity contribution in [1.29, 1.82) is 0 Å². The van der Waals surface area contributed by atoms with Gasteiger partial charge in [-0.15, -0.1) is 0 Å². The number of nitrogens with zero attached hydrogens (tertiary/aromatic N) is 1. The highest BCUT2D eigenvalue weighted by Crippen LogP contribution is 2.65. The minimum absolute atomic E-state index is 0.0293. The highest BCUT2D eigenvalue weighted by Gasteiger charge is 2.72. The van der Waals surface area contributed by atoms with Crippen molar-refractivity contribution >= 4 is 68.4 Å². The van der Waals surface area contributed by atoms with Gasteiger partial charge in [0, 0.05) is 53.2 Å². The van der Waals surface area contributed by atoms with Crippen LogP contribution in [0.4, 0.5) is 17.1 Å². The number of anilines is 3. The van der Waals surface area contributed by atoms with Crippen LogP contribution >= 0.6 is 12.2 Å². The van der Waals surface area contributed by atoms with Crippen LogP contribution in [0.5, 0.6) is 5.75 Å². The standard InChI is InChI=1S/C37H40N4O7S/c1-17(2)26-30(44)25(33(38)47)31(45)37(48)32(46)27-29(43)24-20(15-35(27,3)16-36(26,37)4)23(41(5)6)14-22(28(24)42)40-34(49)39-21-13-9-11-18-10-7-8-12-19(18)21/h7-14,17,26,42-43,45,48H,15-16H2,1-6H3,(H2,38,47)(H2,39,40,49)/t26-,35+,36+,37-/m1/s1. The molecular formula is C37H40N4O7S. The Morgan fingerprint density at radius 3 is 2.29 bits per heavy atom. The number of nitrogens with one attached hydrogen (secondary N) is 2. The van der Waals surface area contributed by atoms with Crippen LogP contribution in [0, 0.1) is 22.7 Å². The lowest BCUT2D eigenvalue weighted by Crippen LogP contribution is -2.69. The van der Waals surface area contributed by atoms with Gasteiger partial charge in [-0.3, -0.25) is 14.4 Å². The second-order valence-corrected chi connectivity index (χ2v) is 14.8. The van der Waals surface area contributed by atoms with Gasteiger partial charge in [-0.25, -0.2) is 0 Å². The van der Waals surface area contributed by atoms with Crippen molar-refractivity contribution in [2.45, 2.75) is 46.1 Å².